The quantitative estimate of drug-likeness (QED) is 0.880. The predicted molar refractivity (Wildman–Crippen MR) is 101 cm³/mol. The Morgan fingerprint density at radius 1 is 1.19 bits per heavy atom. The molecule has 26 heavy (non-hydrogen) atoms. The molecule has 4 rings (SSSR count). The summed E-state index contributed by atoms with van der Waals surface area (Å²) in [7, 11) is -2.26. The molecule has 0 unspecified atom stereocenters. The summed E-state index contributed by atoms with van der Waals surface area (Å²) in [5.41, 5.74) is 1.04. The lowest BCUT2D eigenvalue weighted by Gasteiger charge is -2.45. The summed E-state index contributed by atoms with van der Waals surface area (Å²) in [6.45, 7) is 1.67. The monoisotopic (exact) mass is 373 g/mol. The Morgan fingerprint density at radius 3 is 2.65 bits per heavy atom. The normalized spacial score (nSPS) is 28.8. The third kappa shape index (κ3) is 3.54. The van der Waals surface area contributed by atoms with Crippen molar-refractivity contribution in [3.8, 4) is 0 Å². The first-order chi connectivity index (χ1) is 12.6. The number of aromatic amines is 1. The fourth-order valence-electron chi connectivity index (χ4n) is 3.65. The molecule has 7 heteroatoms. The molecule has 1 amide bonds. The van der Waals surface area contributed by atoms with Gasteiger partial charge in [0.1, 0.15) is 0 Å². The molecular weight excluding hydrogens is 350 g/mol. The third-order valence-corrected chi connectivity index (χ3v) is 7.39. The number of carbonyl (C=O) groups is 1. The largest absolute Gasteiger partial charge is 0.371 e. The molecule has 0 radical (unpaired) electrons. The molecule has 0 saturated carbocycles. The second-order valence-electron chi connectivity index (χ2n) is 6.97. The second kappa shape index (κ2) is 6.89. The Labute approximate surface area is 153 Å². The number of nitrogens with one attached hydrogen (secondary N) is 1. The van der Waals surface area contributed by atoms with Gasteiger partial charge in [-0.25, -0.2) is 4.21 Å². The van der Waals surface area contributed by atoms with Crippen molar-refractivity contribution in [3.05, 3.63) is 54.4 Å². The van der Waals surface area contributed by atoms with Gasteiger partial charge in [0.05, 0.1) is 39.7 Å². The van der Waals surface area contributed by atoms with E-state index in [0.717, 1.165) is 5.69 Å². The van der Waals surface area contributed by atoms with Crippen LogP contribution in [0.15, 0.2) is 53.2 Å². The SMILES string of the molecule is O=C(c1cc[nH]c1)N1CCOC2(CCS(=O)(=Nc3ccccc3)CC2)C1. The van der Waals surface area contributed by atoms with Crippen molar-refractivity contribution in [2.75, 3.05) is 31.2 Å². The van der Waals surface area contributed by atoms with Crippen LogP contribution in [0.5, 0.6) is 0 Å². The molecule has 6 nitrogen and oxygen atoms in total. The Kier molecular flexibility index (Phi) is 4.58. The fraction of sp³-hybridized carbons (Fsp3) is 0.421. The van der Waals surface area contributed by atoms with Gasteiger partial charge in [0.25, 0.3) is 5.91 Å². The summed E-state index contributed by atoms with van der Waals surface area (Å²) in [5, 5.41) is 0. The van der Waals surface area contributed by atoms with Gasteiger partial charge in [0.2, 0.25) is 0 Å². The maximum Gasteiger partial charge on any atom is 0.255 e. The molecule has 0 aliphatic carbocycles. The average Bonchev–Trinajstić information content (AvgIpc) is 3.20. The molecule has 1 N–H and O–H groups in total. The molecule has 138 valence electrons. The van der Waals surface area contributed by atoms with E-state index in [1.807, 2.05) is 35.2 Å². The number of H-pyrrole nitrogens is 1. The van der Waals surface area contributed by atoms with E-state index in [4.69, 9.17) is 4.74 Å². The first-order valence-electron chi connectivity index (χ1n) is 8.91. The van der Waals surface area contributed by atoms with E-state index in [1.165, 1.54) is 0 Å². The lowest BCUT2D eigenvalue weighted by atomic mass is 9.94. The molecule has 0 bridgehead atoms. The minimum absolute atomic E-state index is 0.0224. The van der Waals surface area contributed by atoms with Crippen LogP contribution in [0, 0.1) is 0 Å². The minimum Gasteiger partial charge on any atom is -0.371 e. The Balaban J connectivity index is 1.47. The highest BCUT2D eigenvalue weighted by molar-refractivity contribution is 7.93. The predicted octanol–water partition coefficient (Wildman–Crippen LogP) is 2.82. The van der Waals surface area contributed by atoms with Crippen LogP contribution in [0.25, 0.3) is 0 Å². The van der Waals surface area contributed by atoms with E-state index in [-0.39, 0.29) is 5.91 Å². The molecule has 2 saturated heterocycles. The van der Waals surface area contributed by atoms with Crippen LogP contribution in [0.1, 0.15) is 23.2 Å². The molecule has 3 heterocycles. The number of morpholine rings is 1. The highest BCUT2D eigenvalue weighted by Gasteiger charge is 2.42. The smallest absolute Gasteiger partial charge is 0.255 e. The number of hydrogen-bond acceptors (Lipinski definition) is 4. The van der Waals surface area contributed by atoms with E-state index in [2.05, 4.69) is 9.35 Å². The number of hydrogen-bond donors (Lipinski definition) is 1. The lowest BCUT2D eigenvalue weighted by Crippen LogP contribution is -2.56. The van der Waals surface area contributed by atoms with Crippen LogP contribution in [0.3, 0.4) is 0 Å². The third-order valence-electron chi connectivity index (χ3n) is 5.16. The molecule has 2 aromatic rings. The highest BCUT2D eigenvalue weighted by Crippen LogP contribution is 2.33. The van der Waals surface area contributed by atoms with Gasteiger partial charge in [-0.3, -0.25) is 4.79 Å². The van der Waals surface area contributed by atoms with Gasteiger partial charge in [-0.15, -0.1) is 0 Å². The number of amides is 1. The van der Waals surface area contributed by atoms with Gasteiger partial charge in [-0.1, -0.05) is 18.2 Å². The Bertz CT molecular complexity index is 872. The van der Waals surface area contributed by atoms with Crippen LogP contribution in [-0.2, 0) is 14.5 Å². The molecule has 2 aliphatic heterocycles. The van der Waals surface area contributed by atoms with E-state index in [9.17, 15) is 9.00 Å². The zero-order valence-electron chi connectivity index (χ0n) is 14.6. The molecule has 2 aliphatic rings. The van der Waals surface area contributed by atoms with Crippen molar-refractivity contribution in [1.82, 2.24) is 9.88 Å². The van der Waals surface area contributed by atoms with Gasteiger partial charge in [0, 0.05) is 30.4 Å². The van der Waals surface area contributed by atoms with Crippen LogP contribution >= 0.6 is 0 Å². The number of ether oxygens (including phenoxy) is 1. The summed E-state index contributed by atoms with van der Waals surface area (Å²) < 4.78 is 23.7. The van der Waals surface area contributed by atoms with Crippen molar-refractivity contribution in [3.63, 3.8) is 0 Å². The fourth-order valence-corrected chi connectivity index (χ4v) is 5.93. The summed E-state index contributed by atoms with van der Waals surface area (Å²) in [6.07, 6.45) is 4.80. The van der Waals surface area contributed by atoms with Crippen molar-refractivity contribution in [2.45, 2.75) is 18.4 Å². The topological polar surface area (TPSA) is 74.8 Å². The van der Waals surface area contributed by atoms with Gasteiger partial charge < -0.3 is 14.6 Å². The maximum atomic E-state index is 13.1. The lowest BCUT2D eigenvalue weighted by molar-refractivity contribution is -0.104. The number of carbonyl (C=O) groups excluding carboxylic acids is 1. The number of aromatic nitrogens is 1. The van der Waals surface area contributed by atoms with Gasteiger partial charge >= 0.3 is 0 Å². The highest BCUT2D eigenvalue weighted by atomic mass is 32.2. The molecule has 1 aromatic carbocycles. The molecule has 1 spiro atoms. The van der Waals surface area contributed by atoms with Gasteiger partial charge in [0.15, 0.2) is 0 Å². The van der Waals surface area contributed by atoms with Crippen LogP contribution in [0.4, 0.5) is 5.69 Å². The van der Waals surface area contributed by atoms with E-state index < -0.39 is 15.3 Å². The van der Waals surface area contributed by atoms with E-state index in [0.29, 0.717) is 49.6 Å². The first-order valence-corrected chi connectivity index (χ1v) is 10.8. The second-order valence-corrected chi connectivity index (χ2v) is 9.51. The summed E-state index contributed by atoms with van der Waals surface area (Å²) in [6, 6.07) is 11.3. The standard InChI is InChI=1S/C19H23N3O3S/c23-18(16-6-9-20-14-16)22-10-11-25-19(15-22)7-12-26(24,13-8-19)21-17-4-2-1-3-5-17/h1-6,9,14,20H,7-8,10-13,15H2. The minimum atomic E-state index is -2.26. The van der Waals surface area contributed by atoms with Crippen molar-refractivity contribution in [2.24, 2.45) is 4.36 Å². The molecule has 2 fully saturated rings. The zero-order chi connectivity index (χ0) is 18.0. The number of nitrogens with zero attached hydrogens (tertiary/aromatic N) is 2. The average molecular weight is 373 g/mol. The van der Waals surface area contributed by atoms with Gasteiger partial charge in [-0.05, 0) is 31.0 Å². The van der Waals surface area contributed by atoms with Crippen molar-refractivity contribution >= 4 is 21.3 Å². The van der Waals surface area contributed by atoms with Crippen LogP contribution in [0.2, 0.25) is 0 Å². The molecular formula is C19H23N3O3S. The maximum absolute atomic E-state index is 13.1. The zero-order valence-corrected chi connectivity index (χ0v) is 15.4. The van der Waals surface area contributed by atoms with Crippen LogP contribution in [-0.4, -0.2) is 56.8 Å². The van der Waals surface area contributed by atoms with Crippen LogP contribution < -0.4 is 0 Å². The van der Waals surface area contributed by atoms with E-state index >= 15 is 0 Å². The molecule has 0 atom stereocenters. The Morgan fingerprint density at radius 2 is 1.96 bits per heavy atom. The van der Waals surface area contributed by atoms with Gasteiger partial charge in [-0.2, -0.15) is 4.36 Å². The number of rotatable bonds is 2. The first kappa shape index (κ1) is 17.3. The molecule has 1 aromatic heterocycles. The van der Waals surface area contributed by atoms with Crippen molar-refractivity contribution in [1.29, 1.82) is 0 Å². The Hall–Kier alpha value is -2.12. The summed E-state index contributed by atoms with van der Waals surface area (Å²) in [4.78, 5) is 17.4. The summed E-state index contributed by atoms with van der Waals surface area (Å²) in [5.74, 6) is 1.04. The number of benzene rings is 1. The van der Waals surface area contributed by atoms with E-state index in [1.54, 1.807) is 18.5 Å². The van der Waals surface area contributed by atoms with Crippen molar-refractivity contribution < 1.29 is 13.7 Å². The summed E-state index contributed by atoms with van der Waals surface area (Å²) >= 11 is 0.